The summed E-state index contributed by atoms with van der Waals surface area (Å²) >= 11 is 3.53. The highest BCUT2D eigenvalue weighted by Gasteiger charge is 2.15. The molecule has 4 nitrogen and oxygen atoms in total. The van der Waals surface area contributed by atoms with E-state index in [9.17, 15) is 0 Å². The molecule has 2 heterocycles. The first-order valence-corrected chi connectivity index (χ1v) is 7.86. The van der Waals surface area contributed by atoms with E-state index >= 15 is 0 Å². The van der Waals surface area contributed by atoms with Crippen LogP contribution in [0.1, 0.15) is 35.6 Å². The number of fused-ring (bicyclic) bond motifs is 1. The second-order valence-corrected chi connectivity index (χ2v) is 6.33. The predicted molar refractivity (Wildman–Crippen MR) is 83.9 cm³/mol. The molecule has 1 N–H and O–H groups in total. The van der Waals surface area contributed by atoms with Crippen LogP contribution in [0.4, 0.5) is 5.69 Å². The number of nitrogens with zero attached hydrogens (tertiary/aromatic N) is 3. The third-order valence-corrected chi connectivity index (χ3v) is 4.31. The molecule has 0 unspecified atom stereocenters. The van der Waals surface area contributed by atoms with Crippen molar-refractivity contribution in [3.8, 4) is 0 Å². The Morgan fingerprint density at radius 3 is 2.70 bits per heavy atom. The van der Waals surface area contributed by atoms with Gasteiger partial charge in [0.15, 0.2) is 5.82 Å². The second kappa shape index (κ2) is 5.56. The number of hydrogen-bond donors (Lipinski definition) is 1. The minimum Gasteiger partial charge on any atom is -0.377 e. The van der Waals surface area contributed by atoms with E-state index < -0.39 is 0 Å². The lowest BCUT2D eigenvalue weighted by molar-refractivity contribution is 0.510. The molecule has 5 heteroatoms. The van der Waals surface area contributed by atoms with Crippen LogP contribution in [0.15, 0.2) is 16.6 Å². The number of hydrogen-bond acceptors (Lipinski definition) is 3. The van der Waals surface area contributed by atoms with E-state index in [1.807, 2.05) is 0 Å². The molecular formula is C15H19BrN4. The van der Waals surface area contributed by atoms with Crippen LogP contribution in [0.3, 0.4) is 0 Å². The van der Waals surface area contributed by atoms with Gasteiger partial charge in [-0.3, -0.25) is 0 Å². The van der Waals surface area contributed by atoms with Gasteiger partial charge < -0.3 is 9.88 Å². The Labute approximate surface area is 127 Å². The van der Waals surface area contributed by atoms with Crippen molar-refractivity contribution in [3.63, 3.8) is 0 Å². The molecule has 0 amide bonds. The summed E-state index contributed by atoms with van der Waals surface area (Å²) in [6.45, 7) is 6.03. The molecule has 0 aliphatic carbocycles. The van der Waals surface area contributed by atoms with Crippen LogP contribution in [-0.2, 0) is 19.5 Å². The van der Waals surface area contributed by atoms with Gasteiger partial charge in [-0.15, -0.1) is 10.2 Å². The zero-order chi connectivity index (χ0) is 14.1. The molecule has 0 atom stereocenters. The molecule has 3 rings (SSSR count). The Morgan fingerprint density at radius 2 is 1.95 bits per heavy atom. The van der Waals surface area contributed by atoms with Gasteiger partial charge in [-0.1, -0.05) is 15.9 Å². The SMILES string of the molecule is Cc1cc(Br)cc(C)c1NCc1nnc2n1CCCC2. The first-order chi connectivity index (χ1) is 9.65. The van der Waals surface area contributed by atoms with Crippen molar-refractivity contribution in [1.82, 2.24) is 14.8 Å². The van der Waals surface area contributed by atoms with Crippen molar-refractivity contribution in [2.24, 2.45) is 0 Å². The average molecular weight is 335 g/mol. The molecule has 1 aliphatic rings. The lowest BCUT2D eigenvalue weighted by atomic mass is 10.1. The van der Waals surface area contributed by atoms with Gasteiger partial charge in [-0.2, -0.15) is 0 Å². The monoisotopic (exact) mass is 334 g/mol. The summed E-state index contributed by atoms with van der Waals surface area (Å²) in [5.74, 6) is 2.18. The molecule has 2 aromatic rings. The average Bonchev–Trinajstić information content (AvgIpc) is 2.81. The molecule has 0 spiro atoms. The van der Waals surface area contributed by atoms with Gasteiger partial charge >= 0.3 is 0 Å². The molecule has 106 valence electrons. The van der Waals surface area contributed by atoms with E-state index in [0.29, 0.717) is 0 Å². The summed E-state index contributed by atoms with van der Waals surface area (Å²) in [6, 6.07) is 4.27. The van der Waals surface area contributed by atoms with Crippen molar-refractivity contribution >= 4 is 21.6 Å². The summed E-state index contributed by atoms with van der Waals surface area (Å²) in [7, 11) is 0. The number of aromatic nitrogens is 3. The van der Waals surface area contributed by atoms with Gasteiger partial charge in [0.25, 0.3) is 0 Å². The number of nitrogens with one attached hydrogen (secondary N) is 1. The molecule has 0 fully saturated rings. The number of halogens is 1. The fraction of sp³-hybridized carbons (Fsp3) is 0.467. The molecule has 20 heavy (non-hydrogen) atoms. The zero-order valence-corrected chi connectivity index (χ0v) is 13.5. The first kappa shape index (κ1) is 13.6. The van der Waals surface area contributed by atoms with E-state index in [2.05, 4.69) is 62.0 Å². The van der Waals surface area contributed by atoms with Gasteiger partial charge in [-0.25, -0.2) is 0 Å². The minimum absolute atomic E-state index is 0.732. The Kier molecular flexibility index (Phi) is 3.78. The molecule has 1 aliphatic heterocycles. The Hall–Kier alpha value is -1.36. The summed E-state index contributed by atoms with van der Waals surface area (Å²) in [4.78, 5) is 0. The maximum absolute atomic E-state index is 4.33. The van der Waals surface area contributed by atoms with Crippen LogP contribution in [-0.4, -0.2) is 14.8 Å². The van der Waals surface area contributed by atoms with Gasteiger partial charge in [0.1, 0.15) is 5.82 Å². The molecule has 0 radical (unpaired) electrons. The van der Waals surface area contributed by atoms with Crippen molar-refractivity contribution in [2.45, 2.75) is 46.2 Å². The van der Waals surface area contributed by atoms with E-state index in [4.69, 9.17) is 0 Å². The summed E-state index contributed by atoms with van der Waals surface area (Å²) in [5.41, 5.74) is 3.69. The van der Waals surface area contributed by atoms with E-state index in [1.54, 1.807) is 0 Å². The predicted octanol–water partition coefficient (Wildman–Crippen LogP) is 3.61. The quantitative estimate of drug-likeness (QED) is 0.932. The molecular weight excluding hydrogens is 316 g/mol. The lowest BCUT2D eigenvalue weighted by Gasteiger charge is -2.16. The largest absolute Gasteiger partial charge is 0.377 e. The van der Waals surface area contributed by atoms with Crippen molar-refractivity contribution < 1.29 is 0 Å². The Morgan fingerprint density at radius 1 is 1.20 bits per heavy atom. The molecule has 0 saturated carbocycles. The third-order valence-electron chi connectivity index (χ3n) is 3.86. The fourth-order valence-electron chi connectivity index (χ4n) is 2.86. The highest BCUT2D eigenvalue weighted by Crippen LogP contribution is 2.25. The van der Waals surface area contributed by atoms with Crippen LogP contribution in [0.5, 0.6) is 0 Å². The Balaban J connectivity index is 1.79. The van der Waals surface area contributed by atoms with Crippen molar-refractivity contribution in [1.29, 1.82) is 0 Å². The smallest absolute Gasteiger partial charge is 0.152 e. The van der Waals surface area contributed by atoms with Crippen LogP contribution >= 0.6 is 15.9 Å². The fourth-order valence-corrected chi connectivity index (χ4v) is 3.54. The van der Waals surface area contributed by atoms with E-state index in [0.717, 1.165) is 35.6 Å². The van der Waals surface area contributed by atoms with E-state index in [-0.39, 0.29) is 0 Å². The summed E-state index contributed by atoms with van der Waals surface area (Å²) in [5, 5.41) is 12.1. The maximum Gasteiger partial charge on any atom is 0.152 e. The number of benzene rings is 1. The summed E-state index contributed by atoms with van der Waals surface area (Å²) < 4.78 is 3.39. The van der Waals surface area contributed by atoms with Crippen LogP contribution in [0.25, 0.3) is 0 Å². The number of rotatable bonds is 3. The van der Waals surface area contributed by atoms with E-state index in [1.165, 1.54) is 29.7 Å². The molecule has 1 aromatic carbocycles. The van der Waals surface area contributed by atoms with Gasteiger partial charge in [-0.05, 0) is 49.9 Å². The molecule has 0 bridgehead atoms. The standard InChI is InChI=1S/C15H19BrN4/c1-10-7-12(16)8-11(2)15(10)17-9-14-19-18-13-5-3-4-6-20(13)14/h7-8,17H,3-6,9H2,1-2H3. The topological polar surface area (TPSA) is 42.7 Å². The number of aryl methyl sites for hydroxylation is 3. The van der Waals surface area contributed by atoms with Crippen molar-refractivity contribution in [3.05, 3.63) is 39.4 Å². The van der Waals surface area contributed by atoms with Crippen LogP contribution in [0.2, 0.25) is 0 Å². The zero-order valence-electron chi connectivity index (χ0n) is 11.9. The van der Waals surface area contributed by atoms with Gasteiger partial charge in [0, 0.05) is 23.1 Å². The summed E-state index contributed by atoms with van der Waals surface area (Å²) in [6.07, 6.45) is 3.52. The number of anilines is 1. The Bertz CT molecular complexity index is 610. The normalized spacial score (nSPS) is 14.2. The molecule has 0 saturated heterocycles. The third kappa shape index (κ3) is 2.59. The molecule has 1 aromatic heterocycles. The lowest BCUT2D eigenvalue weighted by Crippen LogP contribution is -2.15. The van der Waals surface area contributed by atoms with Crippen LogP contribution in [0, 0.1) is 13.8 Å². The van der Waals surface area contributed by atoms with Gasteiger partial charge in [0.05, 0.1) is 6.54 Å². The highest BCUT2D eigenvalue weighted by atomic mass is 79.9. The highest BCUT2D eigenvalue weighted by molar-refractivity contribution is 9.10. The van der Waals surface area contributed by atoms with Crippen molar-refractivity contribution in [2.75, 3.05) is 5.32 Å². The first-order valence-electron chi connectivity index (χ1n) is 7.06. The van der Waals surface area contributed by atoms with Crippen LogP contribution < -0.4 is 5.32 Å². The maximum atomic E-state index is 4.33. The van der Waals surface area contributed by atoms with Gasteiger partial charge in [0.2, 0.25) is 0 Å². The minimum atomic E-state index is 0.732. The second-order valence-electron chi connectivity index (χ2n) is 5.41.